The third-order valence-corrected chi connectivity index (χ3v) is 16.0. The SMILES string of the molecule is CC1(C)CCC(C)(C)c2cc(N(c3ccc4c(c3)C3(c5ccccc5S4)C4CC5CC6CC3C64C5)c3cccc4ccccc34)ccc21. The standard InChI is InChI=1S/C46H45NS/c1-43(2)20-21-44(3,4)36-25-31(16-18-34(36)43)47(38-14-9-11-29-10-5-6-12-33(29)38)32-17-19-40-37(26-32)46(35-13-7-8-15-39(35)48-40)41-23-28-22-30-24-42(46)45(30,41)27-28/h5-19,25-26,28,30,41-42H,20-24,27H2,1-4H3. The van der Waals surface area contributed by atoms with Crippen molar-refractivity contribution in [1.29, 1.82) is 0 Å². The first-order valence-electron chi connectivity index (χ1n) is 18.6. The van der Waals surface area contributed by atoms with E-state index >= 15 is 0 Å². The summed E-state index contributed by atoms with van der Waals surface area (Å²) in [6, 6.07) is 40.4. The molecule has 0 amide bonds. The summed E-state index contributed by atoms with van der Waals surface area (Å²) in [5, 5.41) is 2.60. The molecule has 2 heteroatoms. The fraction of sp³-hybridized carbons (Fsp3) is 0.391. The maximum Gasteiger partial charge on any atom is 0.0540 e. The first-order valence-corrected chi connectivity index (χ1v) is 19.4. The molecule has 5 aromatic carbocycles. The van der Waals surface area contributed by atoms with Crippen molar-refractivity contribution < 1.29 is 0 Å². The van der Waals surface area contributed by atoms with Gasteiger partial charge in [0, 0.05) is 32.0 Å². The number of hydrogen-bond donors (Lipinski definition) is 0. The van der Waals surface area contributed by atoms with E-state index in [1.807, 2.05) is 11.8 Å². The van der Waals surface area contributed by atoms with Crippen LogP contribution < -0.4 is 4.90 Å². The first-order chi connectivity index (χ1) is 23.2. The van der Waals surface area contributed by atoms with Gasteiger partial charge in [0.05, 0.1) is 5.69 Å². The molecule has 48 heavy (non-hydrogen) atoms. The summed E-state index contributed by atoms with van der Waals surface area (Å²) in [5.74, 6) is 3.52. The topological polar surface area (TPSA) is 3.24 Å². The lowest BCUT2D eigenvalue weighted by Gasteiger charge is -2.78. The van der Waals surface area contributed by atoms with Crippen LogP contribution in [0.2, 0.25) is 0 Å². The normalized spacial score (nSPS) is 32.1. The van der Waals surface area contributed by atoms with Crippen molar-refractivity contribution >= 4 is 39.6 Å². The molecular formula is C46H45NS. The molecule has 6 atom stereocenters. The van der Waals surface area contributed by atoms with Crippen molar-refractivity contribution in [2.75, 3.05) is 4.90 Å². The highest BCUT2D eigenvalue weighted by molar-refractivity contribution is 7.99. The number of fused-ring (bicyclic) bond motifs is 9. The van der Waals surface area contributed by atoms with E-state index in [2.05, 4.69) is 136 Å². The second kappa shape index (κ2) is 9.19. The Morgan fingerprint density at radius 2 is 1.29 bits per heavy atom. The van der Waals surface area contributed by atoms with Gasteiger partial charge in [-0.05, 0) is 149 Å². The van der Waals surface area contributed by atoms with E-state index in [9.17, 15) is 0 Å². The highest BCUT2D eigenvalue weighted by Crippen LogP contribution is 2.89. The molecule has 1 aliphatic heterocycles. The molecule has 1 nitrogen and oxygen atoms in total. The molecule has 6 aliphatic rings. The Balaban J connectivity index is 1.15. The third-order valence-electron chi connectivity index (χ3n) is 14.8. The summed E-state index contributed by atoms with van der Waals surface area (Å²) >= 11 is 2.02. The van der Waals surface area contributed by atoms with Gasteiger partial charge in [-0.2, -0.15) is 0 Å². The van der Waals surface area contributed by atoms with Crippen LogP contribution in [-0.2, 0) is 16.2 Å². The predicted molar refractivity (Wildman–Crippen MR) is 200 cm³/mol. The predicted octanol–water partition coefficient (Wildman–Crippen LogP) is 12.5. The second-order valence-electron chi connectivity index (χ2n) is 17.7. The van der Waals surface area contributed by atoms with E-state index < -0.39 is 0 Å². The lowest BCUT2D eigenvalue weighted by Crippen LogP contribution is -2.74. The molecule has 0 radical (unpaired) electrons. The van der Waals surface area contributed by atoms with Crippen molar-refractivity contribution in [3.8, 4) is 0 Å². The minimum Gasteiger partial charge on any atom is -0.310 e. The zero-order chi connectivity index (χ0) is 32.2. The van der Waals surface area contributed by atoms with Gasteiger partial charge in [0.1, 0.15) is 0 Å². The van der Waals surface area contributed by atoms with Crippen LogP contribution in [0, 0.1) is 29.1 Å². The summed E-state index contributed by atoms with van der Waals surface area (Å²) in [7, 11) is 0. The number of rotatable bonds is 3. The fourth-order valence-electron chi connectivity index (χ4n) is 12.8. The molecule has 5 aromatic rings. The first kappa shape index (κ1) is 28.4. The molecule has 0 aromatic heterocycles. The van der Waals surface area contributed by atoms with Crippen LogP contribution in [0.25, 0.3) is 10.8 Å². The largest absolute Gasteiger partial charge is 0.310 e. The highest BCUT2D eigenvalue weighted by atomic mass is 32.2. The summed E-state index contributed by atoms with van der Waals surface area (Å²) in [6.07, 6.45) is 8.32. The van der Waals surface area contributed by atoms with Gasteiger partial charge in [0.2, 0.25) is 0 Å². The minimum atomic E-state index is 0.147. The molecule has 1 heterocycles. The highest BCUT2D eigenvalue weighted by Gasteiger charge is 2.84. The quantitative estimate of drug-likeness (QED) is 0.192. The van der Waals surface area contributed by atoms with Crippen molar-refractivity contribution in [1.82, 2.24) is 0 Å². The van der Waals surface area contributed by atoms with E-state index in [1.165, 1.54) is 87.3 Å². The van der Waals surface area contributed by atoms with E-state index in [0.29, 0.717) is 5.41 Å². The van der Waals surface area contributed by atoms with Gasteiger partial charge in [0.25, 0.3) is 0 Å². The molecule has 4 fully saturated rings. The van der Waals surface area contributed by atoms with Gasteiger partial charge in [-0.3, -0.25) is 0 Å². The average Bonchev–Trinajstić information content (AvgIpc) is 3.62. The average molecular weight is 644 g/mol. The number of hydrogen-bond acceptors (Lipinski definition) is 2. The molecule has 6 unspecified atom stereocenters. The summed E-state index contributed by atoms with van der Waals surface area (Å²) in [4.78, 5) is 5.60. The molecule has 5 aliphatic carbocycles. The lowest BCUT2D eigenvalue weighted by molar-refractivity contribution is -0.235. The second-order valence-corrected chi connectivity index (χ2v) is 18.8. The Morgan fingerprint density at radius 3 is 2.15 bits per heavy atom. The Morgan fingerprint density at radius 1 is 0.604 bits per heavy atom. The van der Waals surface area contributed by atoms with Gasteiger partial charge in [-0.25, -0.2) is 0 Å². The van der Waals surface area contributed by atoms with E-state index in [-0.39, 0.29) is 16.2 Å². The Bertz CT molecular complexity index is 2190. The zero-order valence-electron chi connectivity index (χ0n) is 28.7. The maximum absolute atomic E-state index is 2.67. The molecule has 4 saturated carbocycles. The Hall–Kier alpha value is -3.49. The summed E-state index contributed by atoms with van der Waals surface area (Å²) in [6.45, 7) is 9.79. The van der Waals surface area contributed by atoms with Gasteiger partial charge in [-0.1, -0.05) is 100 Å². The van der Waals surface area contributed by atoms with Crippen LogP contribution in [0.15, 0.2) is 113 Å². The van der Waals surface area contributed by atoms with Crippen molar-refractivity contribution in [2.45, 2.75) is 92.3 Å². The number of nitrogens with zero attached hydrogens (tertiary/aromatic N) is 1. The molecular weight excluding hydrogens is 599 g/mol. The van der Waals surface area contributed by atoms with Crippen LogP contribution in [0.1, 0.15) is 88.5 Å². The molecule has 11 rings (SSSR count). The Kier molecular flexibility index (Phi) is 5.43. The van der Waals surface area contributed by atoms with Gasteiger partial charge < -0.3 is 4.90 Å². The van der Waals surface area contributed by atoms with Crippen molar-refractivity contribution in [3.05, 3.63) is 125 Å². The smallest absolute Gasteiger partial charge is 0.0540 e. The fourth-order valence-corrected chi connectivity index (χ4v) is 14.0. The van der Waals surface area contributed by atoms with Crippen LogP contribution in [0.3, 0.4) is 0 Å². The summed E-state index contributed by atoms with van der Waals surface area (Å²) < 4.78 is 0. The monoisotopic (exact) mass is 643 g/mol. The Labute approximate surface area is 290 Å². The molecule has 2 bridgehead atoms. The van der Waals surface area contributed by atoms with Gasteiger partial charge in [-0.15, -0.1) is 0 Å². The maximum atomic E-state index is 2.67. The molecule has 0 N–H and O–H groups in total. The molecule has 2 spiro atoms. The lowest BCUT2D eigenvalue weighted by atomic mass is 9.26. The van der Waals surface area contributed by atoms with E-state index in [1.54, 1.807) is 11.1 Å². The number of anilines is 3. The van der Waals surface area contributed by atoms with E-state index in [4.69, 9.17) is 0 Å². The van der Waals surface area contributed by atoms with Crippen molar-refractivity contribution in [2.24, 2.45) is 29.1 Å². The molecule has 240 valence electrons. The van der Waals surface area contributed by atoms with Crippen LogP contribution in [0.4, 0.5) is 17.1 Å². The van der Waals surface area contributed by atoms with Gasteiger partial charge in [0.15, 0.2) is 0 Å². The van der Waals surface area contributed by atoms with Gasteiger partial charge >= 0.3 is 0 Å². The van der Waals surface area contributed by atoms with E-state index in [0.717, 1.165) is 23.7 Å². The third kappa shape index (κ3) is 3.32. The van der Waals surface area contributed by atoms with Crippen LogP contribution in [-0.4, -0.2) is 0 Å². The van der Waals surface area contributed by atoms with Crippen LogP contribution in [0.5, 0.6) is 0 Å². The zero-order valence-corrected chi connectivity index (χ0v) is 29.5. The van der Waals surface area contributed by atoms with Crippen molar-refractivity contribution in [3.63, 3.8) is 0 Å². The minimum absolute atomic E-state index is 0.147. The summed E-state index contributed by atoms with van der Waals surface area (Å²) in [5.41, 5.74) is 11.3. The molecule has 0 saturated heterocycles. The number of benzene rings is 5. The van der Waals surface area contributed by atoms with Crippen LogP contribution >= 0.6 is 11.8 Å².